The summed E-state index contributed by atoms with van der Waals surface area (Å²) in [6, 6.07) is 6.02. The summed E-state index contributed by atoms with van der Waals surface area (Å²) in [5, 5.41) is 5.16. The molecule has 3 rings (SSSR count). The number of oxazole rings is 1. The maximum atomic E-state index is 13.1. The average Bonchev–Trinajstić information content (AvgIpc) is 3.05. The molecule has 2 heterocycles. The molecule has 0 aliphatic carbocycles. The van der Waals surface area contributed by atoms with Crippen LogP contribution in [0.1, 0.15) is 12.2 Å². The van der Waals surface area contributed by atoms with Crippen LogP contribution in [0, 0.1) is 6.92 Å². The van der Waals surface area contributed by atoms with Crippen molar-refractivity contribution in [1.82, 2.24) is 10.3 Å². The molecule has 124 valence electrons. The number of nitrogens with zero attached hydrogens (tertiary/aromatic N) is 1. The van der Waals surface area contributed by atoms with Crippen molar-refractivity contribution in [3.63, 3.8) is 0 Å². The number of hydrogen-bond donors (Lipinski definition) is 2. The van der Waals surface area contributed by atoms with Gasteiger partial charge in [0.2, 0.25) is 11.8 Å². The van der Waals surface area contributed by atoms with Gasteiger partial charge < -0.3 is 9.73 Å². The Kier molecular flexibility index (Phi) is 5.01. The van der Waals surface area contributed by atoms with E-state index in [4.69, 9.17) is 4.42 Å². The van der Waals surface area contributed by atoms with Gasteiger partial charge in [0, 0.05) is 17.7 Å². The highest BCUT2D eigenvalue weighted by Gasteiger charge is 2.42. The van der Waals surface area contributed by atoms with Gasteiger partial charge in [-0.2, -0.15) is 0 Å². The van der Waals surface area contributed by atoms with Crippen molar-refractivity contribution in [2.45, 2.75) is 25.3 Å². The number of anilines is 1. The van der Waals surface area contributed by atoms with Gasteiger partial charge in [-0.15, -0.1) is 12.4 Å². The number of carbonyl (C=O) groups is 1. The summed E-state index contributed by atoms with van der Waals surface area (Å²) in [7, 11) is 0. The van der Waals surface area contributed by atoms with E-state index in [1.165, 1.54) is 0 Å². The zero-order chi connectivity index (χ0) is 15.7. The molecule has 1 aromatic heterocycles. The molecular weight excluding hydrogens is 328 g/mol. The Morgan fingerprint density at radius 2 is 2.26 bits per heavy atom. The van der Waals surface area contributed by atoms with Crippen LogP contribution in [0.15, 0.2) is 34.9 Å². The molecule has 8 heteroatoms. The number of rotatable bonds is 3. The molecule has 1 saturated heterocycles. The standard InChI is InChI=1S/C15H15F2N3O2.ClH/c1-9-7-18-14(22-9)10-3-2-4-11(5-10)20-13(21)12-6-15(16,17)8-19-12;/h2-5,7,12,19H,6,8H2,1H3,(H,20,21);1H. The maximum Gasteiger partial charge on any atom is 0.262 e. The topological polar surface area (TPSA) is 67.2 Å². The van der Waals surface area contributed by atoms with Crippen LogP contribution in [-0.4, -0.2) is 29.4 Å². The first-order chi connectivity index (χ1) is 10.4. The van der Waals surface area contributed by atoms with Gasteiger partial charge in [-0.1, -0.05) is 6.07 Å². The Bertz CT molecular complexity index is 706. The largest absolute Gasteiger partial charge is 0.441 e. The Hall–Kier alpha value is -1.99. The summed E-state index contributed by atoms with van der Waals surface area (Å²) in [4.78, 5) is 16.1. The van der Waals surface area contributed by atoms with Gasteiger partial charge in [-0.25, -0.2) is 13.8 Å². The van der Waals surface area contributed by atoms with Crippen LogP contribution < -0.4 is 10.6 Å². The lowest BCUT2D eigenvalue weighted by Crippen LogP contribution is -2.35. The zero-order valence-electron chi connectivity index (χ0n) is 12.3. The minimum absolute atomic E-state index is 0. The molecule has 2 N–H and O–H groups in total. The number of aromatic nitrogens is 1. The highest BCUT2D eigenvalue weighted by atomic mass is 35.5. The first-order valence-corrected chi connectivity index (χ1v) is 6.88. The van der Waals surface area contributed by atoms with Crippen LogP contribution in [0.25, 0.3) is 11.5 Å². The van der Waals surface area contributed by atoms with Crippen LogP contribution >= 0.6 is 12.4 Å². The fourth-order valence-corrected chi connectivity index (χ4v) is 2.35. The van der Waals surface area contributed by atoms with Gasteiger partial charge in [0.1, 0.15) is 5.76 Å². The van der Waals surface area contributed by atoms with E-state index < -0.39 is 30.8 Å². The quantitative estimate of drug-likeness (QED) is 0.899. The Balaban J connectivity index is 0.00000192. The number of aryl methyl sites for hydroxylation is 1. The lowest BCUT2D eigenvalue weighted by atomic mass is 10.1. The Morgan fingerprint density at radius 1 is 1.48 bits per heavy atom. The number of benzene rings is 1. The van der Waals surface area contributed by atoms with Crippen LogP contribution in [0.3, 0.4) is 0 Å². The van der Waals surface area contributed by atoms with E-state index in [1.54, 1.807) is 37.4 Å². The molecule has 0 radical (unpaired) electrons. The highest BCUT2D eigenvalue weighted by molar-refractivity contribution is 5.95. The van der Waals surface area contributed by atoms with Gasteiger partial charge in [0.05, 0.1) is 18.8 Å². The summed E-state index contributed by atoms with van der Waals surface area (Å²) in [6.07, 6.45) is 1.11. The molecule has 0 bridgehead atoms. The average molecular weight is 344 g/mol. The molecule has 2 aromatic rings. The lowest BCUT2D eigenvalue weighted by molar-refractivity contribution is -0.118. The van der Waals surface area contributed by atoms with E-state index in [0.717, 1.165) is 0 Å². The predicted octanol–water partition coefficient (Wildman–Crippen LogP) is 3.01. The monoisotopic (exact) mass is 343 g/mol. The summed E-state index contributed by atoms with van der Waals surface area (Å²) in [5.74, 6) is -2.18. The van der Waals surface area contributed by atoms with E-state index in [-0.39, 0.29) is 12.4 Å². The van der Waals surface area contributed by atoms with Gasteiger partial charge in [-0.05, 0) is 25.1 Å². The Morgan fingerprint density at radius 3 is 2.87 bits per heavy atom. The number of halogens is 3. The van der Waals surface area contributed by atoms with Gasteiger partial charge in [0.15, 0.2) is 0 Å². The number of carbonyl (C=O) groups excluding carboxylic acids is 1. The van der Waals surface area contributed by atoms with Gasteiger partial charge in [0.25, 0.3) is 5.92 Å². The number of hydrogen-bond acceptors (Lipinski definition) is 4. The van der Waals surface area contributed by atoms with Crippen molar-refractivity contribution < 1.29 is 18.0 Å². The second-order valence-corrected chi connectivity index (χ2v) is 5.34. The zero-order valence-corrected chi connectivity index (χ0v) is 13.1. The van der Waals surface area contributed by atoms with E-state index in [9.17, 15) is 13.6 Å². The summed E-state index contributed by atoms with van der Waals surface area (Å²) < 4.78 is 31.7. The van der Waals surface area contributed by atoms with Crippen LogP contribution in [-0.2, 0) is 4.79 Å². The first kappa shape index (κ1) is 17.4. The molecule has 1 aromatic carbocycles. The first-order valence-electron chi connectivity index (χ1n) is 6.88. The van der Waals surface area contributed by atoms with E-state index in [2.05, 4.69) is 15.6 Å². The van der Waals surface area contributed by atoms with Crippen molar-refractivity contribution in [3.8, 4) is 11.5 Å². The third-order valence-electron chi connectivity index (χ3n) is 3.42. The second-order valence-electron chi connectivity index (χ2n) is 5.34. The molecule has 23 heavy (non-hydrogen) atoms. The molecule has 1 unspecified atom stereocenters. The van der Waals surface area contributed by atoms with E-state index in [0.29, 0.717) is 22.9 Å². The number of alkyl halides is 2. The fourth-order valence-electron chi connectivity index (χ4n) is 2.35. The van der Waals surface area contributed by atoms with Gasteiger partial charge >= 0.3 is 0 Å². The summed E-state index contributed by atoms with van der Waals surface area (Å²) in [5.41, 5.74) is 1.21. The molecule has 1 fully saturated rings. The lowest BCUT2D eigenvalue weighted by Gasteiger charge is -2.11. The molecule has 1 amide bonds. The Labute approximate surface area is 137 Å². The molecule has 1 atom stereocenters. The minimum atomic E-state index is -2.83. The maximum absolute atomic E-state index is 13.1. The summed E-state index contributed by atoms with van der Waals surface area (Å²) in [6.45, 7) is 1.31. The smallest absolute Gasteiger partial charge is 0.262 e. The molecule has 1 aliphatic rings. The van der Waals surface area contributed by atoms with E-state index in [1.807, 2.05) is 0 Å². The van der Waals surface area contributed by atoms with E-state index >= 15 is 0 Å². The third-order valence-corrected chi connectivity index (χ3v) is 3.42. The highest BCUT2D eigenvalue weighted by Crippen LogP contribution is 2.26. The van der Waals surface area contributed by atoms with Crippen molar-refractivity contribution >= 4 is 24.0 Å². The van der Waals surface area contributed by atoms with Crippen molar-refractivity contribution in [1.29, 1.82) is 0 Å². The van der Waals surface area contributed by atoms with Crippen molar-refractivity contribution in [2.75, 3.05) is 11.9 Å². The molecular formula is C15H16ClF2N3O2. The summed E-state index contributed by atoms with van der Waals surface area (Å²) >= 11 is 0. The molecule has 0 saturated carbocycles. The van der Waals surface area contributed by atoms with Crippen LogP contribution in [0.2, 0.25) is 0 Å². The second kappa shape index (κ2) is 6.64. The minimum Gasteiger partial charge on any atom is -0.441 e. The number of amides is 1. The van der Waals surface area contributed by atoms with Crippen molar-refractivity contribution in [2.24, 2.45) is 0 Å². The normalized spacial score (nSPS) is 19.2. The van der Waals surface area contributed by atoms with Crippen LogP contribution in [0.4, 0.5) is 14.5 Å². The third kappa shape index (κ3) is 4.05. The SMILES string of the molecule is Cc1cnc(-c2cccc(NC(=O)C3CC(F)(F)CN3)c2)o1.Cl. The van der Waals surface area contributed by atoms with Crippen molar-refractivity contribution in [3.05, 3.63) is 36.2 Å². The molecule has 0 spiro atoms. The van der Waals surface area contributed by atoms with Crippen LogP contribution in [0.5, 0.6) is 0 Å². The van der Waals surface area contributed by atoms with Gasteiger partial charge in [-0.3, -0.25) is 10.1 Å². The molecule has 5 nitrogen and oxygen atoms in total. The molecule has 1 aliphatic heterocycles. The number of nitrogens with one attached hydrogen (secondary N) is 2. The predicted molar refractivity (Wildman–Crippen MR) is 83.9 cm³/mol. The fraction of sp³-hybridized carbons (Fsp3) is 0.333.